The number of nitrogens with zero attached hydrogens (tertiary/aromatic N) is 1. The number of hydrogen-bond acceptors (Lipinski definition) is 3. The summed E-state index contributed by atoms with van der Waals surface area (Å²) in [4.78, 5) is 14.3. The molecule has 1 amide bonds. The molecule has 2 aromatic rings. The molecular weight excluding hydrogens is 333 g/mol. The van der Waals surface area contributed by atoms with E-state index in [1.165, 1.54) is 6.07 Å². The van der Waals surface area contributed by atoms with Crippen molar-refractivity contribution in [3.8, 4) is 5.75 Å². The van der Waals surface area contributed by atoms with Gasteiger partial charge in [0.25, 0.3) is 5.91 Å². The zero-order chi connectivity index (χ0) is 18.6. The largest absolute Gasteiger partial charge is 0.491 e. The molecule has 0 spiro atoms. The van der Waals surface area contributed by atoms with Crippen LogP contribution >= 0.6 is 0 Å². The summed E-state index contributed by atoms with van der Waals surface area (Å²) < 4.78 is 19.5. The summed E-state index contributed by atoms with van der Waals surface area (Å²) in [7, 11) is 0. The first-order valence-corrected chi connectivity index (χ1v) is 8.92. The number of ether oxygens (including phenoxy) is 1. The van der Waals surface area contributed by atoms with Crippen LogP contribution in [0.15, 0.2) is 48.5 Å². The molecule has 3 rings (SSSR count). The number of halogens is 1. The number of amides is 1. The van der Waals surface area contributed by atoms with Gasteiger partial charge in [0.05, 0.1) is 0 Å². The number of para-hydroxylation sites is 1. The van der Waals surface area contributed by atoms with Gasteiger partial charge in [-0.15, -0.1) is 0 Å². The van der Waals surface area contributed by atoms with E-state index in [0.717, 1.165) is 0 Å². The van der Waals surface area contributed by atoms with E-state index in [4.69, 9.17) is 4.74 Å². The van der Waals surface area contributed by atoms with Gasteiger partial charge in [0.1, 0.15) is 23.8 Å². The van der Waals surface area contributed by atoms with E-state index in [0.29, 0.717) is 49.2 Å². The minimum atomic E-state index is -0.969. The van der Waals surface area contributed by atoms with Crippen LogP contribution in [0.3, 0.4) is 0 Å². The molecule has 138 valence electrons. The number of likely N-dealkylation sites (tertiary alicyclic amines) is 1. The molecule has 1 atom stereocenters. The first-order chi connectivity index (χ1) is 12.5. The van der Waals surface area contributed by atoms with Crippen LogP contribution in [0, 0.1) is 12.7 Å². The first kappa shape index (κ1) is 18.4. The zero-order valence-corrected chi connectivity index (χ0v) is 15.0. The molecule has 1 aliphatic rings. The predicted molar refractivity (Wildman–Crippen MR) is 97.8 cm³/mol. The van der Waals surface area contributed by atoms with Crippen LogP contribution in [-0.4, -0.2) is 41.2 Å². The highest BCUT2D eigenvalue weighted by molar-refractivity contribution is 5.94. The third-order valence-electron chi connectivity index (χ3n) is 4.87. The molecule has 1 heterocycles. The summed E-state index contributed by atoms with van der Waals surface area (Å²) in [6.07, 6.45) is 1.67. The molecule has 1 saturated heterocycles. The highest BCUT2D eigenvalue weighted by Gasteiger charge is 2.32. The average Bonchev–Trinajstić information content (AvgIpc) is 2.85. The molecule has 0 bridgehead atoms. The van der Waals surface area contributed by atoms with Gasteiger partial charge in [-0.1, -0.05) is 24.3 Å². The van der Waals surface area contributed by atoms with E-state index in [-0.39, 0.29) is 18.3 Å². The number of carbonyl (C=O) groups excluding carboxylic acids is 1. The fourth-order valence-electron chi connectivity index (χ4n) is 3.17. The van der Waals surface area contributed by atoms with Gasteiger partial charge in [0.15, 0.2) is 0 Å². The molecular formula is C21H24FNO3. The Kier molecular flexibility index (Phi) is 5.57. The van der Waals surface area contributed by atoms with E-state index in [2.05, 4.69) is 0 Å². The number of hydrogen-bond donors (Lipinski definition) is 1. The summed E-state index contributed by atoms with van der Waals surface area (Å²) in [5, 5.41) is 10.8. The van der Waals surface area contributed by atoms with Gasteiger partial charge in [-0.2, -0.15) is 0 Å². The molecule has 0 aromatic heterocycles. The Morgan fingerprint density at radius 2 is 1.96 bits per heavy atom. The number of benzene rings is 2. The van der Waals surface area contributed by atoms with Gasteiger partial charge >= 0.3 is 0 Å². The van der Waals surface area contributed by atoms with Crippen LogP contribution < -0.4 is 4.74 Å². The fourth-order valence-corrected chi connectivity index (χ4v) is 3.17. The normalized spacial score (nSPS) is 20.5. The molecule has 4 nitrogen and oxygen atoms in total. The molecule has 2 aromatic carbocycles. The standard InChI is InChI=1S/C21H24FNO3/c1-16-8-9-17(14-19(16)22)20(24)23-12-5-10-21(25,11-13-23)15-26-18-6-3-2-4-7-18/h2-4,6-9,14,25H,5,10-13,15H2,1H3. The van der Waals surface area contributed by atoms with Crippen molar-refractivity contribution in [1.82, 2.24) is 4.90 Å². The van der Waals surface area contributed by atoms with Crippen LogP contribution in [-0.2, 0) is 0 Å². The molecule has 26 heavy (non-hydrogen) atoms. The predicted octanol–water partition coefficient (Wildman–Crippen LogP) is 3.57. The second-order valence-corrected chi connectivity index (χ2v) is 6.94. The molecule has 1 unspecified atom stereocenters. The lowest BCUT2D eigenvalue weighted by Crippen LogP contribution is -2.38. The van der Waals surface area contributed by atoms with E-state index < -0.39 is 5.60 Å². The van der Waals surface area contributed by atoms with E-state index >= 15 is 0 Å². The first-order valence-electron chi connectivity index (χ1n) is 8.92. The Labute approximate surface area is 153 Å². The van der Waals surface area contributed by atoms with E-state index in [1.807, 2.05) is 30.3 Å². The minimum Gasteiger partial charge on any atom is -0.491 e. The van der Waals surface area contributed by atoms with Crippen molar-refractivity contribution in [2.45, 2.75) is 31.8 Å². The number of aryl methyl sites for hydroxylation is 1. The van der Waals surface area contributed by atoms with Gasteiger partial charge in [-0.05, 0) is 56.0 Å². The Balaban J connectivity index is 1.61. The van der Waals surface area contributed by atoms with Crippen LogP contribution in [0.1, 0.15) is 35.2 Å². The van der Waals surface area contributed by atoms with Gasteiger partial charge in [0, 0.05) is 18.7 Å². The molecule has 1 N–H and O–H groups in total. The zero-order valence-electron chi connectivity index (χ0n) is 15.0. The molecule has 1 fully saturated rings. The molecule has 0 saturated carbocycles. The van der Waals surface area contributed by atoms with Crippen molar-refractivity contribution in [2.24, 2.45) is 0 Å². The summed E-state index contributed by atoms with van der Waals surface area (Å²) in [6.45, 7) is 2.82. The van der Waals surface area contributed by atoms with Gasteiger partial charge in [-0.25, -0.2) is 4.39 Å². The summed E-state index contributed by atoms with van der Waals surface area (Å²) >= 11 is 0. The topological polar surface area (TPSA) is 49.8 Å². The van der Waals surface area contributed by atoms with Crippen LogP contribution in [0.25, 0.3) is 0 Å². The van der Waals surface area contributed by atoms with Crippen LogP contribution in [0.4, 0.5) is 4.39 Å². The smallest absolute Gasteiger partial charge is 0.253 e. The van der Waals surface area contributed by atoms with Crippen molar-refractivity contribution in [3.63, 3.8) is 0 Å². The Hall–Kier alpha value is -2.40. The Bertz CT molecular complexity index is 765. The maximum Gasteiger partial charge on any atom is 0.253 e. The lowest BCUT2D eigenvalue weighted by molar-refractivity contribution is -0.0163. The van der Waals surface area contributed by atoms with Crippen molar-refractivity contribution in [1.29, 1.82) is 0 Å². The van der Waals surface area contributed by atoms with Crippen LogP contribution in [0.5, 0.6) is 5.75 Å². The van der Waals surface area contributed by atoms with Crippen LogP contribution in [0.2, 0.25) is 0 Å². The second kappa shape index (κ2) is 7.87. The molecule has 0 radical (unpaired) electrons. The minimum absolute atomic E-state index is 0.193. The highest BCUT2D eigenvalue weighted by Crippen LogP contribution is 2.25. The maximum atomic E-state index is 13.7. The van der Waals surface area contributed by atoms with Crippen molar-refractivity contribution in [3.05, 3.63) is 65.5 Å². The molecule has 0 aliphatic carbocycles. The average molecular weight is 357 g/mol. The third kappa shape index (κ3) is 4.41. The van der Waals surface area contributed by atoms with Crippen molar-refractivity contribution < 1.29 is 19.0 Å². The second-order valence-electron chi connectivity index (χ2n) is 6.94. The summed E-state index contributed by atoms with van der Waals surface area (Å²) in [5.74, 6) is 0.142. The Morgan fingerprint density at radius 3 is 2.69 bits per heavy atom. The summed E-state index contributed by atoms with van der Waals surface area (Å²) in [6, 6.07) is 13.9. The Morgan fingerprint density at radius 1 is 1.19 bits per heavy atom. The fraction of sp³-hybridized carbons (Fsp3) is 0.381. The maximum absolute atomic E-state index is 13.7. The third-order valence-corrected chi connectivity index (χ3v) is 4.87. The van der Waals surface area contributed by atoms with Gasteiger partial charge < -0.3 is 14.7 Å². The number of carbonyl (C=O) groups is 1. The lowest BCUT2D eigenvalue weighted by atomic mass is 9.96. The number of aliphatic hydroxyl groups is 1. The molecule has 1 aliphatic heterocycles. The highest BCUT2D eigenvalue weighted by atomic mass is 19.1. The summed E-state index contributed by atoms with van der Waals surface area (Å²) in [5.41, 5.74) is -0.104. The molecule has 5 heteroatoms. The number of rotatable bonds is 4. The SMILES string of the molecule is Cc1ccc(C(=O)N2CCCC(O)(COc3ccccc3)CC2)cc1F. The van der Waals surface area contributed by atoms with Crippen molar-refractivity contribution in [2.75, 3.05) is 19.7 Å². The van der Waals surface area contributed by atoms with E-state index in [9.17, 15) is 14.3 Å². The van der Waals surface area contributed by atoms with Crippen molar-refractivity contribution >= 4 is 5.91 Å². The van der Waals surface area contributed by atoms with Gasteiger partial charge in [-0.3, -0.25) is 4.79 Å². The lowest BCUT2D eigenvalue weighted by Gasteiger charge is -2.27. The van der Waals surface area contributed by atoms with Gasteiger partial charge in [0.2, 0.25) is 0 Å². The quantitative estimate of drug-likeness (QED) is 0.910. The van der Waals surface area contributed by atoms with E-state index in [1.54, 1.807) is 24.0 Å². The monoisotopic (exact) mass is 357 g/mol.